The molecule has 0 N–H and O–H groups in total. The summed E-state index contributed by atoms with van der Waals surface area (Å²) in [5, 5.41) is 0. The topological polar surface area (TPSA) is 34.1 Å². The van der Waals surface area contributed by atoms with Crippen LogP contribution in [0, 0.1) is 11.8 Å². The lowest BCUT2D eigenvalue weighted by atomic mass is 9.75. The fourth-order valence-electron chi connectivity index (χ4n) is 3.04. The van der Waals surface area contributed by atoms with Crippen LogP contribution in [0.25, 0.3) is 0 Å². The molecule has 0 heterocycles. The van der Waals surface area contributed by atoms with Gasteiger partial charge in [-0.25, -0.2) is 8.42 Å². The standard InChI is InChI=1S/C16H26O2S/c1-5-6-7-12-10-14-9-8-13(12)11-15(14)19(17,18)16(2,3)4/h10-11,13-14H,5-9H2,1-4H3/t13-,14-/m1/s1. The molecule has 2 bridgehead atoms. The van der Waals surface area contributed by atoms with E-state index >= 15 is 0 Å². The fourth-order valence-corrected chi connectivity index (χ4v) is 4.67. The first-order valence-electron chi connectivity index (χ1n) is 7.44. The molecule has 0 aromatic heterocycles. The van der Waals surface area contributed by atoms with Gasteiger partial charge in [-0.2, -0.15) is 0 Å². The van der Waals surface area contributed by atoms with E-state index < -0.39 is 14.6 Å². The third kappa shape index (κ3) is 2.67. The lowest BCUT2D eigenvalue weighted by Gasteiger charge is -2.37. The Morgan fingerprint density at radius 3 is 2.26 bits per heavy atom. The van der Waals surface area contributed by atoms with Crippen LogP contribution in [0.3, 0.4) is 0 Å². The van der Waals surface area contributed by atoms with Crippen molar-refractivity contribution in [3.05, 3.63) is 22.6 Å². The quantitative estimate of drug-likeness (QED) is 0.723. The van der Waals surface area contributed by atoms with Crippen molar-refractivity contribution in [2.45, 2.75) is 64.5 Å². The Bertz CT molecular complexity index is 503. The van der Waals surface area contributed by atoms with Crippen LogP contribution in [0.15, 0.2) is 22.6 Å². The molecule has 2 nitrogen and oxygen atoms in total. The maximum Gasteiger partial charge on any atom is 0.179 e. The van der Waals surface area contributed by atoms with Crippen molar-refractivity contribution in [1.29, 1.82) is 0 Å². The summed E-state index contributed by atoms with van der Waals surface area (Å²) in [7, 11) is -3.16. The maximum atomic E-state index is 12.6. The summed E-state index contributed by atoms with van der Waals surface area (Å²) in [6.45, 7) is 7.60. The SMILES string of the molecule is CCCCC1=C[C@H]2CC[C@@H]1C=C2S(=O)(=O)C(C)(C)C. The van der Waals surface area contributed by atoms with Gasteiger partial charge < -0.3 is 0 Å². The second-order valence-corrected chi connectivity index (χ2v) is 9.52. The number of fused-ring (bicyclic) bond motifs is 1. The van der Waals surface area contributed by atoms with Gasteiger partial charge in [0.05, 0.1) is 4.75 Å². The Hall–Kier alpha value is -0.570. The first-order chi connectivity index (χ1) is 8.77. The fraction of sp³-hybridized carbons (Fsp3) is 0.750. The third-order valence-corrected chi connectivity index (χ3v) is 7.02. The van der Waals surface area contributed by atoms with Gasteiger partial charge >= 0.3 is 0 Å². The number of hydrogen-bond donors (Lipinski definition) is 0. The van der Waals surface area contributed by atoms with E-state index in [9.17, 15) is 8.42 Å². The smallest absolute Gasteiger partial charge is 0.179 e. The Morgan fingerprint density at radius 2 is 1.79 bits per heavy atom. The monoisotopic (exact) mass is 282 g/mol. The normalized spacial score (nSPS) is 27.2. The second kappa shape index (κ2) is 5.08. The average Bonchev–Trinajstić information content (AvgIpc) is 2.35. The van der Waals surface area contributed by atoms with E-state index in [1.54, 1.807) is 20.8 Å². The van der Waals surface area contributed by atoms with E-state index in [2.05, 4.69) is 19.1 Å². The summed E-state index contributed by atoms with van der Waals surface area (Å²) in [5.41, 5.74) is 1.48. The van der Waals surface area contributed by atoms with Gasteiger partial charge in [-0.05, 0) is 52.4 Å². The molecule has 3 aliphatic rings. The van der Waals surface area contributed by atoms with Crippen molar-refractivity contribution in [2.75, 3.05) is 0 Å². The third-order valence-electron chi connectivity index (χ3n) is 4.35. The molecular weight excluding hydrogens is 256 g/mol. The van der Waals surface area contributed by atoms with Gasteiger partial charge in [0.2, 0.25) is 0 Å². The number of allylic oxidation sites excluding steroid dienone is 4. The zero-order valence-corrected chi connectivity index (χ0v) is 13.4. The Morgan fingerprint density at radius 1 is 1.16 bits per heavy atom. The molecule has 0 saturated carbocycles. The van der Waals surface area contributed by atoms with Crippen molar-refractivity contribution in [1.82, 2.24) is 0 Å². The number of rotatable bonds is 4. The molecule has 0 aliphatic heterocycles. The van der Waals surface area contributed by atoms with Crippen LogP contribution in [-0.4, -0.2) is 13.2 Å². The van der Waals surface area contributed by atoms with Crippen molar-refractivity contribution < 1.29 is 8.42 Å². The summed E-state index contributed by atoms with van der Waals surface area (Å²) in [6.07, 6.45) is 9.99. The average molecular weight is 282 g/mol. The van der Waals surface area contributed by atoms with E-state index in [0.29, 0.717) is 10.8 Å². The molecule has 0 spiro atoms. The zero-order valence-electron chi connectivity index (χ0n) is 12.6. The molecule has 3 aliphatic carbocycles. The molecule has 2 atom stereocenters. The van der Waals surface area contributed by atoms with E-state index in [1.807, 2.05) is 0 Å². The van der Waals surface area contributed by atoms with E-state index in [-0.39, 0.29) is 5.92 Å². The molecule has 3 heteroatoms. The Kier molecular flexibility index (Phi) is 3.97. The molecule has 0 aromatic rings. The van der Waals surface area contributed by atoms with Crippen LogP contribution in [0.1, 0.15) is 59.8 Å². The largest absolute Gasteiger partial charge is 0.223 e. The minimum atomic E-state index is -3.16. The Labute approximate surface area is 117 Å². The summed E-state index contributed by atoms with van der Waals surface area (Å²) in [6, 6.07) is 0. The number of sulfone groups is 1. The highest BCUT2D eigenvalue weighted by atomic mass is 32.2. The molecule has 0 saturated heterocycles. The van der Waals surface area contributed by atoms with Crippen molar-refractivity contribution >= 4 is 9.84 Å². The minimum Gasteiger partial charge on any atom is -0.223 e. The van der Waals surface area contributed by atoms with Crippen molar-refractivity contribution in [3.8, 4) is 0 Å². The molecule has 19 heavy (non-hydrogen) atoms. The Balaban J connectivity index is 2.26. The second-order valence-electron chi connectivity index (χ2n) is 6.82. The van der Waals surface area contributed by atoms with Gasteiger partial charge in [-0.3, -0.25) is 0 Å². The van der Waals surface area contributed by atoms with Crippen LogP contribution in [0.4, 0.5) is 0 Å². The molecule has 0 radical (unpaired) electrons. The summed E-state index contributed by atoms with van der Waals surface area (Å²) < 4.78 is 24.6. The lowest BCUT2D eigenvalue weighted by molar-refractivity contribution is 0.470. The van der Waals surface area contributed by atoms with Gasteiger partial charge in [0, 0.05) is 10.8 Å². The van der Waals surface area contributed by atoms with E-state index in [1.165, 1.54) is 18.4 Å². The van der Waals surface area contributed by atoms with Gasteiger partial charge in [0.25, 0.3) is 0 Å². The highest BCUT2D eigenvalue weighted by molar-refractivity contribution is 7.96. The van der Waals surface area contributed by atoms with Crippen LogP contribution in [0.5, 0.6) is 0 Å². The highest BCUT2D eigenvalue weighted by Crippen LogP contribution is 2.45. The summed E-state index contributed by atoms with van der Waals surface area (Å²) in [4.78, 5) is 0.691. The number of hydrogen-bond acceptors (Lipinski definition) is 2. The lowest BCUT2D eigenvalue weighted by Crippen LogP contribution is -2.35. The molecule has 3 rings (SSSR count). The molecule has 0 unspecified atom stereocenters. The molecule has 0 fully saturated rings. The first kappa shape index (κ1) is 14.8. The molecular formula is C16H26O2S. The van der Waals surface area contributed by atoms with E-state index in [4.69, 9.17) is 0 Å². The van der Waals surface area contributed by atoms with Crippen LogP contribution in [0.2, 0.25) is 0 Å². The van der Waals surface area contributed by atoms with Crippen molar-refractivity contribution in [2.24, 2.45) is 11.8 Å². The predicted molar refractivity (Wildman–Crippen MR) is 80.6 cm³/mol. The molecule has 0 amide bonds. The van der Waals surface area contributed by atoms with Crippen molar-refractivity contribution in [3.63, 3.8) is 0 Å². The number of unbranched alkanes of at least 4 members (excludes halogenated alkanes) is 1. The highest BCUT2D eigenvalue weighted by Gasteiger charge is 2.40. The molecule has 108 valence electrons. The first-order valence-corrected chi connectivity index (χ1v) is 8.92. The summed E-state index contributed by atoms with van der Waals surface area (Å²) in [5.74, 6) is 0.518. The van der Waals surface area contributed by atoms with Gasteiger partial charge in [-0.1, -0.05) is 31.1 Å². The van der Waals surface area contributed by atoms with Gasteiger partial charge in [-0.15, -0.1) is 0 Å². The maximum absolute atomic E-state index is 12.6. The predicted octanol–water partition coefficient (Wildman–Crippen LogP) is 4.24. The van der Waals surface area contributed by atoms with E-state index in [0.717, 1.165) is 19.3 Å². The van der Waals surface area contributed by atoms with Crippen LogP contribution < -0.4 is 0 Å². The molecule has 0 aromatic carbocycles. The summed E-state index contributed by atoms with van der Waals surface area (Å²) >= 11 is 0. The van der Waals surface area contributed by atoms with Gasteiger partial charge in [0.15, 0.2) is 9.84 Å². The minimum absolute atomic E-state index is 0.140. The van der Waals surface area contributed by atoms with Crippen LogP contribution in [-0.2, 0) is 9.84 Å². The zero-order chi connectivity index (χ0) is 14.3. The van der Waals surface area contributed by atoms with Gasteiger partial charge in [0.1, 0.15) is 0 Å². The van der Waals surface area contributed by atoms with Crippen LogP contribution >= 0.6 is 0 Å².